The van der Waals surface area contributed by atoms with E-state index in [2.05, 4.69) is 10.3 Å². The number of carbonyl (C=O) groups is 1. The molecule has 0 bridgehead atoms. The summed E-state index contributed by atoms with van der Waals surface area (Å²) in [6.45, 7) is 6.33. The summed E-state index contributed by atoms with van der Waals surface area (Å²) >= 11 is 0. The van der Waals surface area contributed by atoms with Gasteiger partial charge in [0.2, 0.25) is 5.91 Å². The molecule has 2 rings (SSSR count). The van der Waals surface area contributed by atoms with E-state index in [1.165, 1.54) is 19.1 Å². The zero-order chi connectivity index (χ0) is 16.2. The van der Waals surface area contributed by atoms with Gasteiger partial charge in [0, 0.05) is 24.6 Å². The first-order chi connectivity index (χ1) is 10.4. The Morgan fingerprint density at radius 3 is 3.00 bits per heavy atom. The molecule has 1 aromatic carbocycles. The number of carbonyl (C=O) groups excluding carboxylic acids is 1. The topological polar surface area (TPSA) is 59.9 Å². The maximum Gasteiger partial charge on any atom is 0.221 e. The predicted molar refractivity (Wildman–Crippen MR) is 82.6 cm³/mol. The van der Waals surface area contributed by atoms with E-state index in [9.17, 15) is 9.18 Å². The Bertz CT molecular complexity index is 589. The molecule has 0 aliphatic carbocycles. The molecule has 1 aromatic rings. The lowest BCUT2D eigenvalue weighted by molar-refractivity contribution is -0.114. The number of hydrogen-bond acceptors (Lipinski definition) is 4. The SMILES string of the molecule is CCOC1=N[C@](C)(c2cc(NC(C)=O)ccc2F)COCC1. The van der Waals surface area contributed by atoms with Crippen molar-refractivity contribution in [3.8, 4) is 0 Å². The third-order valence-electron chi connectivity index (χ3n) is 3.39. The number of rotatable bonds is 3. The molecule has 0 fully saturated rings. The van der Waals surface area contributed by atoms with Gasteiger partial charge in [-0.15, -0.1) is 0 Å². The zero-order valence-electron chi connectivity index (χ0n) is 13.1. The van der Waals surface area contributed by atoms with Crippen molar-refractivity contribution < 1.29 is 18.7 Å². The third-order valence-corrected chi connectivity index (χ3v) is 3.39. The van der Waals surface area contributed by atoms with Gasteiger partial charge in [-0.2, -0.15) is 0 Å². The number of benzene rings is 1. The van der Waals surface area contributed by atoms with Gasteiger partial charge in [0.1, 0.15) is 11.4 Å². The van der Waals surface area contributed by atoms with Crippen molar-refractivity contribution in [2.24, 2.45) is 4.99 Å². The molecule has 0 unspecified atom stereocenters. The fraction of sp³-hybridized carbons (Fsp3) is 0.500. The Morgan fingerprint density at radius 2 is 2.32 bits per heavy atom. The Morgan fingerprint density at radius 1 is 1.55 bits per heavy atom. The number of amides is 1. The van der Waals surface area contributed by atoms with Crippen molar-refractivity contribution in [3.05, 3.63) is 29.6 Å². The molecule has 0 aromatic heterocycles. The summed E-state index contributed by atoms with van der Waals surface area (Å²) in [7, 11) is 0. The lowest BCUT2D eigenvalue weighted by Gasteiger charge is -2.25. The van der Waals surface area contributed by atoms with Crippen LogP contribution in [0.5, 0.6) is 0 Å². The molecule has 22 heavy (non-hydrogen) atoms. The third kappa shape index (κ3) is 3.82. The van der Waals surface area contributed by atoms with Crippen LogP contribution >= 0.6 is 0 Å². The van der Waals surface area contributed by atoms with Crippen LogP contribution in [0, 0.1) is 5.82 Å². The van der Waals surface area contributed by atoms with E-state index < -0.39 is 5.54 Å². The molecule has 0 saturated heterocycles. The zero-order valence-corrected chi connectivity index (χ0v) is 13.1. The first-order valence-corrected chi connectivity index (χ1v) is 7.31. The Kier molecular flexibility index (Phi) is 5.13. The Balaban J connectivity index is 2.42. The molecule has 120 valence electrons. The minimum atomic E-state index is -0.889. The van der Waals surface area contributed by atoms with Gasteiger partial charge < -0.3 is 14.8 Å². The highest BCUT2D eigenvalue weighted by molar-refractivity contribution is 5.88. The number of anilines is 1. The summed E-state index contributed by atoms with van der Waals surface area (Å²) < 4.78 is 25.4. The number of nitrogens with one attached hydrogen (secondary N) is 1. The maximum atomic E-state index is 14.3. The largest absolute Gasteiger partial charge is 0.481 e. The van der Waals surface area contributed by atoms with Gasteiger partial charge >= 0.3 is 0 Å². The first-order valence-electron chi connectivity index (χ1n) is 7.31. The Labute approximate surface area is 129 Å². The molecule has 5 nitrogen and oxygen atoms in total. The molecule has 0 spiro atoms. The smallest absolute Gasteiger partial charge is 0.221 e. The minimum Gasteiger partial charge on any atom is -0.481 e. The second-order valence-corrected chi connectivity index (χ2v) is 5.39. The van der Waals surface area contributed by atoms with Crippen LogP contribution in [-0.2, 0) is 19.8 Å². The molecular weight excluding hydrogens is 287 g/mol. The van der Waals surface area contributed by atoms with Gasteiger partial charge in [-0.05, 0) is 32.0 Å². The highest BCUT2D eigenvalue weighted by atomic mass is 19.1. The van der Waals surface area contributed by atoms with E-state index in [0.29, 0.717) is 36.8 Å². The molecule has 1 aliphatic heterocycles. The van der Waals surface area contributed by atoms with E-state index in [4.69, 9.17) is 9.47 Å². The highest BCUT2D eigenvalue weighted by Gasteiger charge is 2.32. The summed E-state index contributed by atoms with van der Waals surface area (Å²) in [6.07, 6.45) is 0.566. The lowest BCUT2D eigenvalue weighted by Crippen LogP contribution is -2.27. The predicted octanol–water partition coefficient (Wildman–Crippen LogP) is 2.85. The average molecular weight is 308 g/mol. The number of aliphatic imine (C=N–C) groups is 1. The lowest BCUT2D eigenvalue weighted by atomic mass is 9.92. The number of nitrogens with zero attached hydrogens (tertiary/aromatic N) is 1. The molecular formula is C16H21FN2O3. The number of hydrogen-bond donors (Lipinski definition) is 1. The first kappa shape index (κ1) is 16.4. The molecule has 0 saturated carbocycles. The molecule has 1 N–H and O–H groups in total. The van der Waals surface area contributed by atoms with Crippen molar-refractivity contribution in [1.82, 2.24) is 0 Å². The molecule has 0 radical (unpaired) electrons. The van der Waals surface area contributed by atoms with E-state index in [0.717, 1.165) is 0 Å². The van der Waals surface area contributed by atoms with E-state index in [1.807, 2.05) is 6.92 Å². The van der Waals surface area contributed by atoms with E-state index in [-0.39, 0.29) is 18.3 Å². The van der Waals surface area contributed by atoms with Crippen molar-refractivity contribution in [2.75, 3.05) is 25.1 Å². The summed E-state index contributed by atoms with van der Waals surface area (Å²) in [5.74, 6) is -0.0353. The van der Waals surface area contributed by atoms with Gasteiger partial charge in [-0.3, -0.25) is 4.79 Å². The average Bonchev–Trinajstić information content (AvgIpc) is 2.63. The molecule has 1 amide bonds. The van der Waals surface area contributed by atoms with Gasteiger partial charge in [-0.25, -0.2) is 9.38 Å². The normalized spacial score (nSPS) is 21.7. The van der Waals surface area contributed by atoms with Crippen LogP contribution in [0.1, 0.15) is 32.8 Å². The monoisotopic (exact) mass is 308 g/mol. The van der Waals surface area contributed by atoms with Crippen molar-refractivity contribution in [1.29, 1.82) is 0 Å². The fourth-order valence-corrected chi connectivity index (χ4v) is 2.42. The summed E-state index contributed by atoms with van der Waals surface area (Å²) in [6, 6.07) is 4.44. The standard InChI is InChI=1S/C16H21FN2O3/c1-4-22-15-7-8-21-10-16(3,19-15)13-9-12(18-11(2)20)5-6-14(13)17/h5-6,9H,4,7-8,10H2,1-3H3,(H,18,20)/t16-/m0/s1. The van der Waals surface area contributed by atoms with Crippen molar-refractivity contribution in [3.63, 3.8) is 0 Å². The summed E-state index contributed by atoms with van der Waals surface area (Å²) in [5.41, 5.74) is 0.0138. The maximum absolute atomic E-state index is 14.3. The van der Waals surface area contributed by atoms with Gasteiger partial charge in [0.05, 0.1) is 19.8 Å². The van der Waals surface area contributed by atoms with Crippen LogP contribution in [-0.4, -0.2) is 31.6 Å². The van der Waals surface area contributed by atoms with Crippen molar-refractivity contribution in [2.45, 2.75) is 32.7 Å². The highest BCUT2D eigenvalue weighted by Crippen LogP contribution is 2.32. The molecule has 1 atom stereocenters. The Hall–Kier alpha value is -1.95. The van der Waals surface area contributed by atoms with Crippen LogP contribution in [0.2, 0.25) is 0 Å². The molecule has 1 heterocycles. The summed E-state index contributed by atoms with van der Waals surface area (Å²) in [4.78, 5) is 15.7. The summed E-state index contributed by atoms with van der Waals surface area (Å²) in [5, 5.41) is 2.65. The number of halogens is 1. The number of ether oxygens (including phenoxy) is 2. The van der Waals surface area contributed by atoms with E-state index in [1.54, 1.807) is 13.0 Å². The molecule has 1 aliphatic rings. The second kappa shape index (κ2) is 6.87. The van der Waals surface area contributed by atoms with Crippen LogP contribution in [0.15, 0.2) is 23.2 Å². The van der Waals surface area contributed by atoms with Gasteiger partial charge in [0.15, 0.2) is 5.90 Å². The van der Waals surface area contributed by atoms with Gasteiger partial charge in [0.25, 0.3) is 0 Å². The second-order valence-electron chi connectivity index (χ2n) is 5.39. The van der Waals surface area contributed by atoms with Crippen LogP contribution < -0.4 is 5.32 Å². The van der Waals surface area contributed by atoms with Crippen molar-refractivity contribution >= 4 is 17.5 Å². The van der Waals surface area contributed by atoms with Gasteiger partial charge in [-0.1, -0.05) is 0 Å². The molecule has 6 heteroatoms. The van der Waals surface area contributed by atoms with Crippen LogP contribution in [0.3, 0.4) is 0 Å². The minimum absolute atomic E-state index is 0.210. The fourth-order valence-electron chi connectivity index (χ4n) is 2.42. The van der Waals surface area contributed by atoms with E-state index >= 15 is 0 Å². The van der Waals surface area contributed by atoms with Crippen LogP contribution in [0.4, 0.5) is 10.1 Å². The van der Waals surface area contributed by atoms with Crippen LogP contribution in [0.25, 0.3) is 0 Å². The quantitative estimate of drug-likeness (QED) is 0.934.